The SMILES string of the molecule is O=[N+]([O-])[C@@]1(O)[C@H](O)[C@@H](COP(=O)([O-])[O-])O[C@@]1(Cc1ccccc1)n1cnc2c(=S)nc[nH]c21.[Na+].[Na+]. The first-order valence-electron chi connectivity index (χ1n) is 9.34. The normalized spacial score (nSPS) is 26.2. The Hall–Kier alpha value is -0.620. The predicted octanol–water partition coefficient (Wildman–Crippen LogP) is -7.04. The number of benzene rings is 1. The average molecular weight is 543 g/mol. The third-order valence-electron chi connectivity index (χ3n) is 5.39. The number of aliphatic hydroxyl groups excluding tert-OH is 1. The van der Waals surface area contributed by atoms with Gasteiger partial charge in [-0.05, 0) is 5.56 Å². The van der Waals surface area contributed by atoms with Crippen molar-refractivity contribution < 1.29 is 97.9 Å². The first kappa shape index (κ1) is 30.6. The van der Waals surface area contributed by atoms with E-state index < -0.39 is 43.0 Å². The molecule has 0 unspecified atom stereocenters. The van der Waals surface area contributed by atoms with Gasteiger partial charge in [0.15, 0.2) is 10.7 Å². The van der Waals surface area contributed by atoms with Crippen molar-refractivity contribution in [3.63, 3.8) is 0 Å². The number of imidazole rings is 1. The minimum absolute atomic E-state index is 0. The van der Waals surface area contributed by atoms with Gasteiger partial charge in [-0.15, -0.1) is 0 Å². The van der Waals surface area contributed by atoms with E-state index in [0.29, 0.717) is 5.56 Å². The minimum atomic E-state index is -5.51. The fourth-order valence-electron chi connectivity index (χ4n) is 3.93. The maximum absolute atomic E-state index is 12.2. The van der Waals surface area contributed by atoms with Gasteiger partial charge < -0.3 is 38.8 Å². The molecule has 3 aromatic rings. The van der Waals surface area contributed by atoms with Crippen LogP contribution < -0.4 is 68.9 Å². The van der Waals surface area contributed by atoms with E-state index in [9.17, 15) is 34.7 Å². The molecule has 0 aliphatic carbocycles. The van der Waals surface area contributed by atoms with Gasteiger partial charge in [0.05, 0.1) is 32.0 Å². The number of nitrogens with one attached hydrogen (secondary N) is 1. The fraction of sp³-hybridized carbons (Fsp3) is 0.353. The van der Waals surface area contributed by atoms with Crippen LogP contribution in [0.3, 0.4) is 0 Å². The molecule has 4 rings (SSSR count). The Morgan fingerprint density at radius 3 is 2.54 bits per heavy atom. The zero-order valence-electron chi connectivity index (χ0n) is 18.5. The largest absolute Gasteiger partial charge is 1.00 e. The summed E-state index contributed by atoms with van der Waals surface area (Å²) in [6, 6.07) is 8.21. The van der Waals surface area contributed by atoms with Crippen LogP contribution in [-0.4, -0.2) is 59.2 Å². The summed E-state index contributed by atoms with van der Waals surface area (Å²) < 4.78 is 22.1. The molecule has 176 valence electrons. The van der Waals surface area contributed by atoms with Gasteiger partial charge in [-0.3, -0.25) is 14.7 Å². The van der Waals surface area contributed by atoms with Crippen molar-refractivity contribution in [2.75, 3.05) is 6.61 Å². The molecule has 4 atom stereocenters. The molecule has 18 heteroatoms. The Labute approximate surface area is 246 Å². The Morgan fingerprint density at radius 1 is 1.29 bits per heavy atom. The smallest absolute Gasteiger partial charge is 0.790 e. The van der Waals surface area contributed by atoms with Crippen LogP contribution in [-0.2, 0) is 26.0 Å². The zero-order valence-corrected chi connectivity index (χ0v) is 24.2. The first-order chi connectivity index (χ1) is 15.5. The summed E-state index contributed by atoms with van der Waals surface area (Å²) in [6.45, 7) is -1.07. The molecule has 1 saturated heterocycles. The number of hydrogen-bond acceptors (Lipinski definition) is 12. The van der Waals surface area contributed by atoms with Crippen LogP contribution in [0.4, 0.5) is 0 Å². The molecule has 1 aliphatic heterocycles. The standard InChI is InChI=1S/C17H18N5O9PS.2Na/c23-13-11(7-30-32(27,28)29)31-16(17(13,24)22(25)26,6-10-4-2-1-3-5-10)21-9-20-12-14(21)18-8-19-15(12)33;;/h1-5,8-9,11,13,23-24H,6-7H2,(H,18,19,33)(H2,27,28,29);;/q;2*+1/p-2/t11-,13-,16-,17-;;/m1../s1. The van der Waals surface area contributed by atoms with E-state index in [1.165, 1.54) is 6.33 Å². The topological polar surface area (TPSA) is 212 Å². The second kappa shape index (κ2) is 11.4. The first-order valence-corrected chi connectivity index (χ1v) is 11.2. The van der Waals surface area contributed by atoms with Gasteiger partial charge in [-0.2, -0.15) is 0 Å². The molecule has 0 saturated carbocycles. The minimum Gasteiger partial charge on any atom is -0.790 e. The molecule has 35 heavy (non-hydrogen) atoms. The summed E-state index contributed by atoms with van der Waals surface area (Å²) in [7, 11) is -5.51. The van der Waals surface area contributed by atoms with Gasteiger partial charge in [0, 0.05) is 6.42 Å². The Kier molecular flexibility index (Phi) is 9.98. The van der Waals surface area contributed by atoms with Crippen molar-refractivity contribution in [1.29, 1.82) is 0 Å². The van der Waals surface area contributed by atoms with Crippen LogP contribution in [0.2, 0.25) is 0 Å². The van der Waals surface area contributed by atoms with Gasteiger partial charge in [0.1, 0.15) is 17.3 Å². The van der Waals surface area contributed by atoms with Crippen molar-refractivity contribution >= 4 is 31.2 Å². The second-order valence-corrected chi connectivity index (χ2v) is 8.83. The van der Waals surface area contributed by atoms with Crippen molar-refractivity contribution in [1.82, 2.24) is 19.5 Å². The summed E-state index contributed by atoms with van der Waals surface area (Å²) >= 11 is 5.13. The summed E-state index contributed by atoms with van der Waals surface area (Å²) in [5.41, 5.74) is -4.95. The van der Waals surface area contributed by atoms with Crippen LogP contribution >= 0.6 is 20.0 Å². The van der Waals surface area contributed by atoms with Crippen LogP contribution in [0.25, 0.3) is 11.2 Å². The summed E-state index contributed by atoms with van der Waals surface area (Å²) in [5, 5.41) is 34.3. The molecule has 2 aromatic heterocycles. The number of aliphatic hydroxyl groups is 2. The zero-order chi connectivity index (χ0) is 24.0. The molecule has 1 fully saturated rings. The molecule has 14 nitrogen and oxygen atoms in total. The molecule has 3 heterocycles. The second-order valence-electron chi connectivity index (χ2n) is 7.29. The number of nitrogens with zero attached hydrogens (tertiary/aromatic N) is 4. The number of nitro groups is 1. The fourth-order valence-corrected chi connectivity index (χ4v) is 4.46. The number of aromatic nitrogens is 4. The van der Waals surface area contributed by atoms with E-state index in [-0.39, 0.29) is 81.3 Å². The van der Waals surface area contributed by atoms with Gasteiger partial charge >= 0.3 is 64.8 Å². The van der Waals surface area contributed by atoms with E-state index >= 15 is 0 Å². The number of rotatable bonds is 7. The number of fused-ring (bicyclic) bond motifs is 1. The van der Waals surface area contributed by atoms with E-state index in [4.69, 9.17) is 17.0 Å². The third kappa shape index (κ3) is 5.49. The number of aromatic amines is 1. The Morgan fingerprint density at radius 2 is 1.94 bits per heavy atom. The van der Waals surface area contributed by atoms with E-state index in [1.807, 2.05) is 0 Å². The Bertz CT molecular complexity index is 1310. The van der Waals surface area contributed by atoms with Gasteiger partial charge in [0.25, 0.3) is 5.72 Å². The molecule has 0 bridgehead atoms. The van der Waals surface area contributed by atoms with Crippen LogP contribution in [0.5, 0.6) is 0 Å². The third-order valence-corrected chi connectivity index (χ3v) is 6.15. The number of hydrogen-bond donors (Lipinski definition) is 3. The molecule has 1 aromatic carbocycles. The van der Waals surface area contributed by atoms with Crippen molar-refractivity contribution in [3.8, 4) is 0 Å². The van der Waals surface area contributed by atoms with E-state index in [2.05, 4.69) is 19.5 Å². The van der Waals surface area contributed by atoms with Gasteiger partial charge in [0.2, 0.25) is 0 Å². The van der Waals surface area contributed by atoms with E-state index in [0.717, 1.165) is 10.9 Å². The van der Waals surface area contributed by atoms with Crippen molar-refractivity contribution in [2.45, 2.75) is 30.1 Å². The van der Waals surface area contributed by atoms with Crippen molar-refractivity contribution in [3.05, 3.63) is 63.3 Å². The molecule has 0 radical (unpaired) electrons. The summed E-state index contributed by atoms with van der Waals surface area (Å²) in [6.07, 6.45) is -2.13. The van der Waals surface area contributed by atoms with Gasteiger partial charge in [-0.25, -0.2) is 9.97 Å². The number of phosphoric ester groups is 1. The quantitative estimate of drug-likeness (QED) is 0.0634. The van der Waals surface area contributed by atoms with Crippen LogP contribution in [0.1, 0.15) is 5.56 Å². The predicted molar refractivity (Wildman–Crippen MR) is 107 cm³/mol. The number of H-pyrrole nitrogens is 1. The van der Waals surface area contributed by atoms with Crippen LogP contribution in [0, 0.1) is 14.8 Å². The summed E-state index contributed by atoms with van der Waals surface area (Å²) in [4.78, 5) is 43.7. The molecular formula is C17H16N5Na2O9PS. The molecule has 1 aliphatic rings. The maximum atomic E-state index is 12.2. The maximum Gasteiger partial charge on any atom is 1.00 e. The molecular weight excluding hydrogens is 527 g/mol. The Balaban J connectivity index is 0.00000216. The molecule has 3 N–H and O–H groups in total. The monoisotopic (exact) mass is 543 g/mol. The average Bonchev–Trinajstić information content (AvgIpc) is 3.28. The number of ether oxygens (including phenoxy) is 1. The van der Waals surface area contributed by atoms with Crippen LogP contribution in [0.15, 0.2) is 43.0 Å². The molecule has 0 spiro atoms. The molecule has 0 amide bonds. The van der Waals surface area contributed by atoms with Gasteiger partial charge in [-0.1, -0.05) is 42.5 Å². The van der Waals surface area contributed by atoms with E-state index in [1.54, 1.807) is 30.3 Å². The van der Waals surface area contributed by atoms with Crippen molar-refractivity contribution in [2.24, 2.45) is 0 Å². The summed E-state index contributed by atoms with van der Waals surface area (Å²) in [5.74, 6) is 0. The number of phosphoric acid groups is 1.